The first-order valence-corrected chi connectivity index (χ1v) is 5.00. The summed E-state index contributed by atoms with van der Waals surface area (Å²) in [5, 5.41) is 10.6. The lowest BCUT2D eigenvalue weighted by molar-refractivity contribution is -0.384. The molecule has 0 aliphatic carbocycles. The number of halogens is 1. The van der Waals surface area contributed by atoms with Crippen LogP contribution in [0.2, 0.25) is 0 Å². The molecule has 0 unspecified atom stereocenters. The molecule has 0 aliphatic heterocycles. The third kappa shape index (κ3) is 2.10. The monoisotopic (exact) mass is 249 g/mol. The van der Waals surface area contributed by atoms with Crippen LogP contribution in [0, 0.1) is 22.9 Å². The van der Waals surface area contributed by atoms with Crippen LogP contribution in [-0.4, -0.2) is 14.9 Å². The maximum Gasteiger partial charge on any atom is 0.287 e. The van der Waals surface area contributed by atoms with Crippen LogP contribution < -0.4 is 5.56 Å². The minimum Gasteiger partial charge on any atom is -0.304 e. The van der Waals surface area contributed by atoms with E-state index in [2.05, 4.69) is 9.97 Å². The van der Waals surface area contributed by atoms with Crippen molar-refractivity contribution in [3.63, 3.8) is 0 Å². The number of aryl methyl sites for hydroxylation is 1. The fraction of sp³-hybridized carbons (Fsp3) is 0.0909. The van der Waals surface area contributed by atoms with E-state index in [1.807, 2.05) is 0 Å². The Kier molecular flexibility index (Phi) is 2.88. The fourth-order valence-electron chi connectivity index (χ4n) is 1.47. The molecular weight excluding hydrogens is 241 g/mol. The average molecular weight is 249 g/mol. The molecule has 6 nitrogen and oxygen atoms in total. The Morgan fingerprint density at radius 1 is 1.44 bits per heavy atom. The van der Waals surface area contributed by atoms with Crippen LogP contribution in [0.5, 0.6) is 0 Å². The molecule has 0 radical (unpaired) electrons. The van der Waals surface area contributed by atoms with Crippen molar-refractivity contribution in [3.05, 3.63) is 56.2 Å². The van der Waals surface area contributed by atoms with Crippen molar-refractivity contribution >= 4 is 5.69 Å². The van der Waals surface area contributed by atoms with Crippen LogP contribution >= 0.6 is 0 Å². The number of aromatic nitrogens is 2. The van der Waals surface area contributed by atoms with Gasteiger partial charge in [-0.2, -0.15) is 4.39 Å². The predicted octanol–water partition coefficient (Wildman–Crippen LogP) is 1.79. The first-order valence-electron chi connectivity index (χ1n) is 5.00. The smallest absolute Gasteiger partial charge is 0.287 e. The Morgan fingerprint density at radius 2 is 2.17 bits per heavy atom. The molecule has 0 amide bonds. The van der Waals surface area contributed by atoms with Crippen molar-refractivity contribution in [1.29, 1.82) is 0 Å². The van der Waals surface area contributed by atoms with Gasteiger partial charge in [0, 0.05) is 17.7 Å². The van der Waals surface area contributed by atoms with E-state index < -0.39 is 16.3 Å². The molecule has 0 saturated carbocycles. The lowest BCUT2D eigenvalue weighted by Gasteiger charge is -2.02. The molecule has 92 valence electrons. The summed E-state index contributed by atoms with van der Waals surface area (Å²) in [4.78, 5) is 27.4. The number of H-pyrrole nitrogens is 1. The van der Waals surface area contributed by atoms with Crippen molar-refractivity contribution in [1.82, 2.24) is 9.97 Å². The molecule has 0 aliphatic rings. The summed E-state index contributed by atoms with van der Waals surface area (Å²) < 4.78 is 13.1. The molecule has 18 heavy (non-hydrogen) atoms. The van der Waals surface area contributed by atoms with Crippen molar-refractivity contribution in [2.45, 2.75) is 6.92 Å². The van der Waals surface area contributed by atoms with E-state index in [-0.39, 0.29) is 17.2 Å². The summed E-state index contributed by atoms with van der Waals surface area (Å²) >= 11 is 0. The predicted molar refractivity (Wildman–Crippen MR) is 61.6 cm³/mol. The standard InChI is InChI=1S/C11H8FN3O3/c1-6-9(12)11(16)14-10(13-6)7-3-2-4-8(5-7)15(17)18/h2-5H,1H3,(H,13,14,16). The number of non-ortho nitro benzene ring substituents is 1. The van der Waals surface area contributed by atoms with Crippen LogP contribution in [0.3, 0.4) is 0 Å². The highest BCUT2D eigenvalue weighted by Crippen LogP contribution is 2.20. The number of rotatable bonds is 2. The van der Waals surface area contributed by atoms with Crippen molar-refractivity contribution in [2.75, 3.05) is 0 Å². The topological polar surface area (TPSA) is 88.9 Å². The molecule has 1 aromatic heterocycles. The van der Waals surface area contributed by atoms with Gasteiger partial charge < -0.3 is 4.98 Å². The second-order valence-electron chi connectivity index (χ2n) is 3.62. The van der Waals surface area contributed by atoms with Crippen LogP contribution in [0.15, 0.2) is 29.1 Å². The van der Waals surface area contributed by atoms with E-state index >= 15 is 0 Å². The maximum atomic E-state index is 13.1. The molecule has 0 atom stereocenters. The maximum absolute atomic E-state index is 13.1. The summed E-state index contributed by atoms with van der Waals surface area (Å²) in [6.07, 6.45) is 0. The number of aromatic amines is 1. The van der Waals surface area contributed by atoms with E-state index in [0.29, 0.717) is 5.56 Å². The molecule has 2 rings (SSSR count). The minimum absolute atomic E-state index is 0.0553. The minimum atomic E-state index is -0.954. The summed E-state index contributed by atoms with van der Waals surface area (Å²) in [5.41, 5.74) is -0.731. The Balaban J connectivity index is 2.59. The zero-order chi connectivity index (χ0) is 13.3. The molecule has 2 aromatic rings. The number of benzene rings is 1. The Hall–Kier alpha value is -2.57. The first-order chi connectivity index (χ1) is 8.49. The van der Waals surface area contributed by atoms with E-state index in [9.17, 15) is 19.3 Å². The zero-order valence-corrected chi connectivity index (χ0v) is 9.31. The average Bonchev–Trinajstić information content (AvgIpc) is 2.35. The summed E-state index contributed by atoms with van der Waals surface area (Å²) in [6, 6.07) is 5.59. The Morgan fingerprint density at radius 3 is 2.78 bits per heavy atom. The van der Waals surface area contributed by atoms with Gasteiger partial charge in [-0.05, 0) is 6.92 Å². The van der Waals surface area contributed by atoms with Crippen LogP contribution in [0.25, 0.3) is 11.4 Å². The van der Waals surface area contributed by atoms with Gasteiger partial charge in [0.05, 0.1) is 10.6 Å². The molecule has 7 heteroatoms. The first kappa shape index (κ1) is 11.9. The Labute approximate surface area is 100 Å². The van der Waals surface area contributed by atoms with E-state index in [1.54, 1.807) is 6.07 Å². The molecule has 0 saturated heterocycles. The summed E-state index contributed by atoms with van der Waals surface area (Å²) in [6.45, 7) is 1.35. The third-order valence-electron chi connectivity index (χ3n) is 2.36. The largest absolute Gasteiger partial charge is 0.304 e. The number of nitro groups is 1. The van der Waals surface area contributed by atoms with Gasteiger partial charge in [-0.25, -0.2) is 4.98 Å². The van der Waals surface area contributed by atoms with E-state index in [1.165, 1.54) is 25.1 Å². The van der Waals surface area contributed by atoms with E-state index in [4.69, 9.17) is 0 Å². The molecule has 1 heterocycles. The normalized spacial score (nSPS) is 10.3. The number of hydrogen-bond acceptors (Lipinski definition) is 4. The summed E-state index contributed by atoms with van der Waals surface area (Å²) in [7, 11) is 0. The van der Waals surface area contributed by atoms with Gasteiger partial charge in [-0.1, -0.05) is 12.1 Å². The summed E-state index contributed by atoms with van der Waals surface area (Å²) in [5.74, 6) is -0.855. The van der Waals surface area contributed by atoms with E-state index in [0.717, 1.165) is 0 Å². The third-order valence-corrected chi connectivity index (χ3v) is 2.36. The zero-order valence-electron chi connectivity index (χ0n) is 9.31. The lowest BCUT2D eigenvalue weighted by Crippen LogP contribution is -2.15. The van der Waals surface area contributed by atoms with Crippen molar-refractivity contribution in [3.8, 4) is 11.4 Å². The van der Waals surface area contributed by atoms with Gasteiger partial charge in [0.25, 0.3) is 11.2 Å². The molecular formula is C11H8FN3O3. The molecule has 1 N–H and O–H groups in total. The SMILES string of the molecule is Cc1nc(-c2cccc([N+](=O)[O-])c2)[nH]c(=O)c1F. The highest BCUT2D eigenvalue weighted by atomic mass is 19.1. The highest BCUT2D eigenvalue weighted by Gasteiger charge is 2.11. The lowest BCUT2D eigenvalue weighted by atomic mass is 10.2. The Bertz CT molecular complexity index is 681. The van der Waals surface area contributed by atoms with Crippen molar-refractivity contribution < 1.29 is 9.31 Å². The van der Waals surface area contributed by atoms with Crippen LogP contribution in [-0.2, 0) is 0 Å². The van der Waals surface area contributed by atoms with Crippen LogP contribution in [0.1, 0.15) is 5.69 Å². The number of nitrogens with zero attached hydrogens (tertiary/aromatic N) is 2. The highest BCUT2D eigenvalue weighted by molar-refractivity contribution is 5.58. The molecule has 0 bridgehead atoms. The van der Waals surface area contributed by atoms with Gasteiger partial charge in [0.2, 0.25) is 5.82 Å². The second-order valence-corrected chi connectivity index (χ2v) is 3.62. The molecule has 0 spiro atoms. The van der Waals surface area contributed by atoms with Gasteiger partial charge in [0.1, 0.15) is 5.82 Å². The molecule has 0 fully saturated rings. The molecule has 1 aromatic carbocycles. The second kappa shape index (κ2) is 4.36. The quantitative estimate of drug-likeness (QED) is 0.649. The van der Waals surface area contributed by atoms with Gasteiger partial charge in [0.15, 0.2) is 0 Å². The van der Waals surface area contributed by atoms with Gasteiger partial charge >= 0.3 is 0 Å². The van der Waals surface area contributed by atoms with Crippen molar-refractivity contribution in [2.24, 2.45) is 0 Å². The number of nitro benzene ring substituents is 1. The van der Waals surface area contributed by atoms with Crippen LogP contribution in [0.4, 0.5) is 10.1 Å². The van der Waals surface area contributed by atoms with Gasteiger partial charge in [-0.15, -0.1) is 0 Å². The fourth-order valence-corrected chi connectivity index (χ4v) is 1.47. The number of hydrogen-bond donors (Lipinski definition) is 1. The van der Waals surface area contributed by atoms with Gasteiger partial charge in [-0.3, -0.25) is 14.9 Å². The number of nitrogens with one attached hydrogen (secondary N) is 1.